The number of carbonyl (C=O) groups excluding carboxylic acids is 1. The topological polar surface area (TPSA) is 53.8 Å². The van der Waals surface area contributed by atoms with Crippen molar-refractivity contribution in [1.29, 1.82) is 0 Å². The lowest BCUT2D eigenvalue weighted by Gasteiger charge is -1.88. The second kappa shape index (κ2) is 4.59. The Morgan fingerprint density at radius 3 is 3.07 bits per heavy atom. The molecule has 1 atom stereocenters. The molecule has 1 aromatic heterocycles. The van der Waals surface area contributed by atoms with Crippen molar-refractivity contribution < 1.29 is 4.79 Å². The highest BCUT2D eigenvalue weighted by molar-refractivity contribution is 8.15. The molecule has 0 bridgehead atoms. The number of hydrogen-bond acceptors (Lipinski definition) is 5. The van der Waals surface area contributed by atoms with Crippen molar-refractivity contribution in [2.45, 2.75) is 12.2 Å². The molecule has 0 aromatic carbocycles. The van der Waals surface area contributed by atoms with Crippen LogP contribution in [-0.2, 0) is 4.79 Å². The van der Waals surface area contributed by atoms with Crippen molar-refractivity contribution in [3.05, 3.63) is 22.4 Å². The van der Waals surface area contributed by atoms with Crippen molar-refractivity contribution in [1.82, 2.24) is 5.32 Å². The van der Waals surface area contributed by atoms with E-state index in [2.05, 4.69) is 15.5 Å². The van der Waals surface area contributed by atoms with E-state index >= 15 is 0 Å². The van der Waals surface area contributed by atoms with E-state index in [-0.39, 0.29) is 11.2 Å². The molecule has 1 saturated heterocycles. The minimum atomic E-state index is -0.0688. The third-order valence-corrected chi connectivity index (χ3v) is 3.55. The molecule has 0 aliphatic carbocycles. The number of thiophene rings is 1. The Morgan fingerprint density at radius 1 is 1.60 bits per heavy atom. The van der Waals surface area contributed by atoms with Crippen LogP contribution in [0.5, 0.6) is 0 Å². The maximum absolute atomic E-state index is 11.1. The number of amides is 1. The summed E-state index contributed by atoms with van der Waals surface area (Å²) in [5, 5.41) is 12.9. The fourth-order valence-electron chi connectivity index (χ4n) is 1.01. The molecule has 6 heteroatoms. The summed E-state index contributed by atoms with van der Waals surface area (Å²) in [6.45, 7) is 1.84. The van der Waals surface area contributed by atoms with E-state index in [1.165, 1.54) is 11.8 Å². The van der Waals surface area contributed by atoms with Gasteiger partial charge >= 0.3 is 0 Å². The summed E-state index contributed by atoms with van der Waals surface area (Å²) in [5.74, 6) is -0.00919. The van der Waals surface area contributed by atoms with Gasteiger partial charge in [-0.1, -0.05) is 17.8 Å². The summed E-state index contributed by atoms with van der Waals surface area (Å²) in [5.41, 5.74) is 0. The second-order valence-corrected chi connectivity index (χ2v) is 5.22. The average Bonchev–Trinajstić information content (AvgIpc) is 2.79. The van der Waals surface area contributed by atoms with Crippen molar-refractivity contribution in [3.63, 3.8) is 0 Å². The van der Waals surface area contributed by atoms with Gasteiger partial charge in [0.2, 0.25) is 5.91 Å². The Balaban J connectivity index is 1.98. The van der Waals surface area contributed by atoms with Gasteiger partial charge in [-0.05, 0) is 18.4 Å². The lowest BCUT2D eigenvalue weighted by molar-refractivity contribution is -0.118. The number of hydrogen-bond donors (Lipinski definition) is 1. The highest BCUT2D eigenvalue weighted by Crippen LogP contribution is 2.18. The molecule has 0 spiro atoms. The van der Waals surface area contributed by atoms with Crippen LogP contribution in [0, 0.1) is 0 Å². The van der Waals surface area contributed by atoms with Gasteiger partial charge in [0.15, 0.2) is 5.17 Å². The molecular formula is C9H9N3OS2. The second-order valence-electron chi connectivity index (χ2n) is 2.91. The molecule has 78 valence electrons. The number of nitrogens with one attached hydrogen (secondary N) is 1. The standard InChI is InChI=1S/C9H9N3OS2/c1-6-8(13)11-9(15-6)12-10-5-7-3-2-4-14-7/h2-6H,1H3,(H,11,12,13). The van der Waals surface area contributed by atoms with Gasteiger partial charge < -0.3 is 5.32 Å². The van der Waals surface area contributed by atoms with Gasteiger partial charge in [-0.3, -0.25) is 4.79 Å². The van der Waals surface area contributed by atoms with Crippen LogP contribution >= 0.6 is 23.1 Å². The maximum Gasteiger partial charge on any atom is 0.239 e. The monoisotopic (exact) mass is 239 g/mol. The van der Waals surface area contributed by atoms with Crippen LogP contribution in [-0.4, -0.2) is 22.5 Å². The molecule has 4 nitrogen and oxygen atoms in total. The smallest absolute Gasteiger partial charge is 0.239 e. The Labute approximate surface area is 95.5 Å². The third-order valence-electron chi connectivity index (χ3n) is 1.76. The minimum Gasteiger partial charge on any atom is -0.303 e. The predicted molar refractivity (Wildman–Crippen MR) is 64.5 cm³/mol. The molecule has 1 aliphatic rings. The molecule has 2 rings (SSSR count). The molecule has 1 fully saturated rings. The van der Waals surface area contributed by atoms with Crippen LogP contribution in [0.15, 0.2) is 27.7 Å². The number of amidine groups is 1. The molecule has 2 heterocycles. The number of carbonyl (C=O) groups is 1. The highest BCUT2D eigenvalue weighted by Gasteiger charge is 2.25. The molecule has 1 amide bonds. The van der Waals surface area contributed by atoms with E-state index in [1.54, 1.807) is 17.6 Å². The average molecular weight is 239 g/mol. The summed E-state index contributed by atoms with van der Waals surface area (Å²) in [6.07, 6.45) is 1.67. The van der Waals surface area contributed by atoms with Gasteiger partial charge in [0.1, 0.15) is 0 Å². The van der Waals surface area contributed by atoms with E-state index < -0.39 is 0 Å². The Morgan fingerprint density at radius 2 is 2.47 bits per heavy atom. The van der Waals surface area contributed by atoms with Crippen molar-refractivity contribution in [3.8, 4) is 0 Å². The number of rotatable bonds is 2. The van der Waals surface area contributed by atoms with Crippen molar-refractivity contribution >= 4 is 40.4 Å². The number of nitrogens with zero attached hydrogens (tertiary/aromatic N) is 2. The first kappa shape index (κ1) is 10.4. The molecule has 15 heavy (non-hydrogen) atoms. The number of thioether (sulfide) groups is 1. The molecule has 1 unspecified atom stereocenters. The van der Waals surface area contributed by atoms with Crippen LogP contribution in [0.4, 0.5) is 0 Å². The van der Waals surface area contributed by atoms with Gasteiger partial charge in [0.05, 0.1) is 11.5 Å². The molecular weight excluding hydrogens is 230 g/mol. The zero-order valence-corrected chi connectivity index (χ0v) is 9.64. The van der Waals surface area contributed by atoms with Gasteiger partial charge in [0.25, 0.3) is 0 Å². The molecule has 0 radical (unpaired) electrons. The van der Waals surface area contributed by atoms with Crippen molar-refractivity contribution in [2.24, 2.45) is 10.2 Å². The quantitative estimate of drug-likeness (QED) is 0.630. The van der Waals surface area contributed by atoms with Gasteiger partial charge in [-0.15, -0.1) is 16.4 Å². The van der Waals surface area contributed by atoms with Crippen LogP contribution in [0.25, 0.3) is 0 Å². The summed E-state index contributed by atoms with van der Waals surface area (Å²) in [7, 11) is 0. The van der Waals surface area contributed by atoms with Crippen molar-refractivity contribution in [2.75, 3.05) is 0 Å². The van der Waals surface area contributed by atoms with E-state index in [1.807, 2.05) is 24.4 Å². The maximum atomic E-state index is 11.1. The molecule has 1 aromatic rings. The fourth-order valence-corrected chi connectivity index (χ4v) is 2.34. The summed E-state index contributed by atoms with van der Waals surface area (Å²) in [4.78, 5) is 12.2. The summed E-state index contributed by atoms with van der Waals surface area (Å²) >= 11 is 2.98. The lowest BCUT2D eigenvalue weighted by Crippen LogP contribution is -2.23. The zero-order chi connectivity index (χ0) is 10.7. The van der Waals surface area contributed by atoms with Crippen LogP contribution in [0.2, 0.25) is 0 Å². The first-order valence-electron chi connectivity index (χ1n) is 4.38. The van der Waals surface area contributed by atoms with Gasteiger partial charge in [0, 0.05) is 4.88 Å². The minimum absolute atomic E-state index is 0.00919. The fraction of sp³-hybridized carbons (Fsp3) is 0.222. The Hall–Kier alpha value is -1.14. The zero-order valence-electron chi connectivity index (χ0n) is 8.01. The normalized spacial score (nSPS) is 23.9. The summed E-state index contributed by atoms with van der Waals surface area (Å²) in [6, 6.07) is 3.91. The Kier molecular flexibility index (Phi) is 3.17. The first-order chi connectivity index (χ1) is 7.25. The third kappa shape index (κ3) is 2.66. The predicted octanol–water partition coefficient (Wildman–Crippen LogP) is 1.69. The van der Waals surface area contributed by atoms with Gasteiger partial charge in [-0.2, -0.15) is 5.10 Å². The van der Waals surface area contributed by atoms with Gasteiger partial charge in [-0.25, -0.2) is 0 Å². The van der Waals surface area contributed by atoms with E-state index in [0.29, 0.717) is 5.17 Å². The van der Waals surface area contributed by atoms with E-state index in [0.717, 1.165) is 4.88 Å². The highest BCUT2D eigenvalue weighted by atomic mass is 32.2. The van der Waals surface area contributed by atoms with Crippen LogP contribution in [0.3, 0.4) is 0 Å². The lowest BCUT2D eigenvalue weighted by atomic mass is 10.4. The van der Waals surface area contributed by atoms with Crippen LogP contribution in [0.1, 0.15) is 11.8 Å². The first-order valence-corrected chi connectivity index (χ1v) is 6.13. The Bertz CT molecular complexity index is 411. The van der Waals surface area contributed by atoms with E-state index in [4.69, 9.17) is 0 Å². The van der Waals surface area contributed by atoms with Crippen LogP contribution < -0.4 is 5.32 Å². The molecule has 0 saturated carbocycles. The largest absolute Gasteiger partial charge is 0.303 e. The molecule has 1 N–H and O–H groups in total. The summed E-state index contributed by atoms with van der Waals surface area (Å²) < 4.78 is 0. The molecule has 1 aliphatic heterocycles. The SMILES string of the molecule is CC1SC(=NN=Cc2cccs2)NC1=O. The van der Waals surface area contributed by atoms with E-state index in [9.17, 15) is 4.79 Å².